The maximum absolute atomic E-state index is 10.7. The third-order valence-electron chi connectivity index (χ3n) is 7.09. The lowest BCUT2D eigenvalue weighted by Gasteiger charge is -2.34. The van der Waals surface area contributed by atoms with Crippen LogP contribution in [0.3, 0.4) is 0 Å². The molecule has 0 saturated carbocycles. The Bertz CT molecular complexity index is 898. The van der Waals surface area contributed by atoms with Crippen molar-refractivity contribution in [2.24, 2.45) is 5.92 Å². The number of likely N-dealkylation sites (N-methyl/N-ethyl adjacent to an activating group) is 1. The van der Waals surface area contributed by atoms with E-state index in [4.69, 9.17) is 14.2 Å². The largest absolute Gasteiger partial charge is 0.504 e. The normalized spacial score (nSPS) is 17.4. The van der Waals surface area contributed by atoms with Gasteiger partial charge < -0.3 is 34.2 Å². The molecular weight excluding hydrogens is 420 g/mol. The highest BCUT2D eigenvalue weighted by Gasteiger charge is 2.28. The van der Waals surface area contributed by atoms with E-state index in [1.807, 2.05) is 0 Å². The SMILES string of the molecule is COc1c(O)c2c(c(O)c1OC)CCC(CCOc1ccc(N3CCN(C)CC3)cc1)CC2. The lowest BCUT2D eigenvalue weighted by Crippen LogP contribution is -2.44. The number of benzene rings is 2. The Morgan fingerprint density at radius 3 is 1.91 bits per heavy atom. The third kappa shape index (κ3) is 5.08. The van der Waals surface area contributed by atoms with Gasteiger partial charge in [-0.25, -0.2) is 0 Å². The number of piperazine rings is 1. The van der Waals surface area contributed by atoms with Gasteiger partial charge in [0.2, 0.25) is 11.5 Å². The highest BCUT2D eigenvalue weighted by atomic mass is 16.5. The Morgan fingerprint density at radius 1 is 0.848 bits per heavy atom. The molecule has 0 spiro atoms. The van der Waals surface area contributed by atoms with E-state index in [2.05, 4.69) is 41.1 Å². The molecule has 0 amide bonds. The average molecular weight is 457 g/mol. The highest BCUT2D eigenvalue weighted by Crippen LogP contribution is 2.50. The van der Waals surface area contributed by atoms with E-state index in [1.54, 1.807) is 0 Å². The number of hydrogen-bond acceptors (Lipinski definition) is 7. The molecule has 1 fully saturated rings. The van der Waals surface area contributed by atoms with Gasteiger partial charge in [0.25, 0.3) is 0 Å². The van der Waals surface area contributed by atoms with Crippen molar-refractivity contribution in [2.75, 3.05) is 59.0 Å². The molecule has 1 saturated heterocycles. The molecule has 33 heavy (non-hydrogen) atoms. The summed E-state index contributed by atoms with van der Waals surface area (Å²) in [6.45, 7) is 4.96. The Balaban J connectivity index is 1.31. The van der Waals surface area contributed by atoms with Crippen LogP contribution in [0.2, 0.25) is 0 Å². The second-order valence-corrected chi connectivity index (χ2v) is 9.09. The van der Waals surface area contributed by atoms with Crippen LogP contribution >= 0.6 is 0 Å². The summed E-state index contributed by atoms with van der Waals surface area (Å²) in [7, 11) is 5.11. The van der Waals surface area contributed by atoms with Crippen LogP contribution in [0.5, 0.6) is 28.7 Å². The van der Waals surface area contributed by atoms with E-state index >= 15 is 0 Å². The first-order valence-electron chi connectivity index (χ1n) is 11.9. The van der Waals surface area contributed by atoms with E-state index in [0.29, 0.717) is 25.4 Å². The third-order valence-corrected chi connectivity index (χ3v) is 7.09. The highest BCUT2D eigenvalue weighted by molar-refractivity contribution is 5.66. The van der Waals surface area contributed by atoms with Gasteiger partial charge in [0, 0.05) is 43.0 Å². The Morgan fingerprint density at radius 2 is 1.39 bits per heavy atom. The standard InChI is InChI=1S/C26H36N2O5/c1-27-13-15-28(16-14-27)19-6-8-20(9-7-19)33-17-12-18-4-10-21-22(11-5-18)24(30)26(32-3)25(31-2)23(21)29/h6-9,18,29-30H,4-5,10-17H2,1-3H3. The Hall–Kier alpha value is -2.80. The van der Waals surface area contributed by atoms with Crippen LogP contribution in [0, 0.1) is 5.92 Å². The van der Waals surface area contributed by atoms with E-state index in [9.17, 15) is 10.2 Å². The fourth-order valence-electron chi connectivity index (χ4n) is 4.98. The summed E-state index contributed by atoms with van der Waals surface area (Å²) in [6.07, 6.45) is 4.19. The maximum atomic E-state index is 10.7. The van der Waals surface area contributed by atoms with Crippen LogP contribution in [0.15, 0.2) is 24.3 Å². The number of aromatic hydroxyl groups is 2. The summed E-state index contributed by atoms with van der Waals surface area (Å²) in [6, 6.07) is 8.42. The molecule has 2 N–H and O–H groups in total. The van der Waals surface area contributed by atoms with Gasteiger partial charge >= 0.3 is 0 Å². The van der Waals surface area contributed by atoms with Crippen molar-refractivity contribution in [2.45, 2.75) is 32.1 Å². The first-order valence-corrected chi connectivity index (χ1v) is 11.9. The number of fused-ring (bicyclic) bond motifs is 1. The summed E-state index contributed by atoms with van der Waals surface area (Å²) < 4.78 is 16.6. The number of phenols is 2. The fraction of sp³-hybridized carbons (Fsp3) is 0.538. The summed E-state index contributed by atoms with van der Waals surface area (Å²) in [5.41, 5.74) is 2.79. The van der Waals surface area contributed by atoms with Crippen molar-refractivity contribution in [3.8, 4) is 28.7 Å². The van der Waals surface area contributed by atoms with Crippen molar-refractivity contribution >= 4 is 5.69 Å². The molecule has 0 unspecified atom stereocenters. The number of nitrogens with zero attached hydrogens (tertiary/aromatic N) is 2. The Kier molecular flexibility index (Phi) is 7.38. The predicted molar refractivity (Wildman–Crippen MR) is 129 cm³/mol. The van der Waals surface area contributed by atoms with Gasteiger partial charge in [0.1, 0.15) is 5.75 Å². The minimum atomic E-state index is 0.0829. The van der Waals surface area contributed by atoms with Crippen LogP contribution < -0.4 is 19.1 Å². The first-order chi connectivity index (χ1) is 16.0. The van der Waals surface area contributed by atoms with Crippen LogP contribution in [0.25, 0.3) is 0 Å². The number of hydrogen-bond donors (Lipinski definition) is 2. The smallest absolute Gasteiger partial charge is 0.207 e. The van der Waals surface area contributed by atoms with Gasteiger partial charge in [-0.3, -0.25) is 0 Å². The molecular formula is C26H36N2O5. The number of anilines is 1. The average Bonchev–Trinajstić information content (AvgIpc) is 3.05. The van der Waals surface area contributed by atoms with Crippen molar-refractivity contribution in [1.29, 1.82) is 0 Å². The van der Waals surface area contributed by atoms with Crippen LogP contribution in [0.1, 0.15) is 30.4 Å². The van der Waals surface area contributed by atoms with Crippen molar-refractivity contribution in [3.63, 3.8) is 0 Å². The number of rotatable bonds is 7. The van der Waals surface area contributed by atoms with Gasteiger partial charge in [0.05, 0.1) is 20.8 Å². The molecule has 0 bridgehead atoms. The van der Waals surface area contributed by atoms with Gasteiger partial charge in [0.15, 0.2) is 11.5 Å². The summed E-state index contributed by atoms with van der Waals surface area (Å²) >= 11 is 0. The second kappa shape index (κ2) is 10.4. The zero-order valence-corrected chi connectivity index (χ0v) is 20.0. The zero-order chi connectivity index (χ0) is 23.4. The van der Waals surface area contributed by atoms with Crippen molar-refractivity contribution in [1.82, 2.24) is 4.90 Å². The molecule has 1 aliphatic heterocycles. The molecule has 1 aliphatic carbocycles. The van der Waals surface area contributed by atoms with Gasteiger partial charge in [-0.2, -0.15) is 0 Å². The van der Waals surface area contributed by atoms with E-state index in [-0.39, 0.29) is 23.0 Å². The number of methoxy groups -OCH3 is 2. The summed E-state index contributed by atoms with van der Waals surface area (Å²) in [4.78, 5) is 4.78. The molecule has 0 aromatic heterocycles. The van der Waals surface area contributed by atoms with Gasteiger partial charge in [-0.15, -0.1) is 0 Å². The van der Waals surface area contributed by atoms with Crippen LogP contribution in [-0.4, -0.2) is 69.2 Å². The number of phenolic OH excluding ortho intramolecular Hbond substituents is 2. The summed E-state index contributed by atoms with van der Waals surface area (Å²) in [5, 5.41) is 21.4. The maximum Gasteiger partial charge on any atom is 0.207 e. The molecule has 2 aromatic rings. The first kappa shape index (κ1) is 23.4. The predicted octanol–water partition coefficient (Wildman–Crippen LogP) is 3.83. The number of ether oxygens (including phenoxy) is 3. The van der Waals surface area contributed by atoms with Crippen LogP contribution in [-0.2, 0) is 12.8 Å². The van der Waals surface area contributed by atoms with Crippen LogP contribution in [0.4, 0.5) is 5.69 Å². The molecule has 0 radical (unpaired) electrons. The molecule has 7 heteroatoms. The van der Waals surface area contributed by atoms with Gasteiger partial charge in [-0.05, 0) is 69.3 Å². The minimum absolute atomic E-state index is 0.0829. The lowest BCUT2D eigenvalue weighted by molar-refractivity contribution is 0.267. The Labute approximate surface area is 196 Å². The van der Waals surface area contributed by atoms with Crippen molar-refractivity contribution in [3.05, 3.63) is 35.4 Å². The molecule has 180 valence electrons. The molecule has 1 heterocycles. The lowest BCUT2D eigenvalue weighted by atomic mass is 9.96. The minimum Gasteiger partial charge on any atom is -0.504 e. The topological polar surface area (TPSA) is 74.6 Å². The van der Waals surface area contributed by atoms with E-state index < -0.39 is 0 Å². The summed E-state index contributed by atoms with van der Waals surface area (Å²) in [5.74, 6) is 1.93. The molecule has 4 rings (SSSR count). The van der Waals surface area contributed by atoms with Crippen molar-refractivity contribution < 1.29 is 24.4 Å². The van der Waals surface area contributed by atoms with E-state index in [1.165, 1.54) is 19.9 Å². The van der Waals surface area contributed by atoms with E-state index in [0.717, 1.165) is 62.3 Å². The monoisotopic (exact) mass is 456 g/mol. The molecule has 2 aromatic carbocycles. The fourth-order valence-corrected chi connectivity index (χ4v) is 4.98. The molecule has 2 aliphatic rings. The quantitative estimate of drug-likeness (QED) is 0.484. The zero-order valence-electron chi connectivity index (χ0n) is 20.0. The van der Waals surface area contributed by atoms with Gasteiger partial charge in [-0.1, -0.05) is 0 Å². The molecule has 7 nitrogen and oxygen atoms in total. The second-order valence-electron chi connectivity index (χ2n) is 9.09. The molecule has 0 atom stereocenters.